The molecular formula is C11H19N3O5. The largest absolute Gasteiger partial charge is 0.481 e. The van der Waals surface area contributed by atoms with Crippen LogP contribution in [0.5, 0.6) is 0 Å². The molecule has 0 aliphatic carbocycles. The number of carboxylic acids is 1. The zero-order valence-electron chi connectivity index (χ0n) is 10.8. The van der Waals surface area contributed by atoms with E-state index in [4.69, 9.17) is 9.84 Å². The highest BCUT2D eigenvalue weighted by Crippen LogP contribution is 2.18. The molecule has 1 aliphatic heterocycles. The average Bonchev–Trinajstić information content (AvgIpc) is 2.30. The smallest absolute Gasteiger partial charge is 0.317 e. The van der Waals surface area contributed by atoms with Gasteiger partial charge in [0.25, 0.3) is 0 Å². The Kier molecular flexibility index (Phi) is 6.07. The molecule has 8 nitrogen and oxygen atoms in total. The molecule has 3 amide bonds. The van der Waals surface area contributed by atoms with E-state index in [0.717, 1.165) is 0 Å². The summed E-state index contributed by atoms with van der Waals surface area (Å²) in [6.07, 6.45) is 0.0707. The third-order valence-corrected chi connectivity index (χ3v) is 2.74. The predicted molar refractivity (Wildman–Crippen MR) is 65.6 cm³/mol. The molecule has 8 heteroatoms. The van der Waals surface area contributed by atoms with E-state index < -0.39 is 5.97 Å². The van der Waals surface area contributed by atoms with E-state index in [-0.39, 0.29) is 30.8 Å². The summed E-state index contributed by atoms with van der Waals surface area (Å²) in [6.45, 7) is 1.56. The first kappa shape index (κ1) is 15.2. The minimum absolute atomic E-state index is 0.0128. The maximum absolute atomic E-state index is 11.6. The Bertz CT molecular complexity index is 341. The fourth-order valence-corrected chi connectivity index (χ4v) is 1.73. The van der Waals surface area contributed by atoms with Crippen molar-refractivity contribution in [1.82, 2.24) is 15.5 Å². The number of ether oxygens (including phenoxy) is 1. The molecule has 0 atom stereocenters. The monoisotopic (exact) mass is 273 g/mol. The zero-order chi connectivity index (χ0) is 14.3. The van der Waals surface area contributed by atoms with Gasteiger partial charge >= 0.3 is 12.0 Å². The molecule has 0 spiro atoms. The van der Waals surface area contributed by atoms with Crippen LogP contribution >= 0.6 is 0 Å². The maximum Gasteiger partial charge on any atom is 0.317 e. The molecule has 1 fully saturated rings. The molecule has 0 radical (unpaired) electrons. The van der Waals surface area contributed by atoms with E-state index in [1.807, 2.05) is 0 Å². The van der Waals surface area contributed by atoms with Crippen molar-refractivity contribution in [2.24, 2.45) is 5.92 Å². The topological polar surface area (TPSA) is 108 Å². The van der Waals surface area contributed by atoms with Crippen molar-refractivity contribution in [3.63, 3.8) is 0 Å². The van der Waals surface area contributed by atoms with Crippen molar-refractivity contribution < 1.29 is 24.2 Å². The van der Waals surface area contributed by atoms with Gasteiger partial charge in [-0.05, 0) is 0 Å². The lowest BCUT2D eigenvalue weighted by atomic mass is 9.97. The van der Waals surface area contributed by atoms with E-state index in [1.165, 1.54) is 12.0 Å². The van der Waals surface area contributed by atoms with Crippen molar-refractivity contribution >= 4 is 17.9 Å². The van der Waals surface area contributed by atoms with Crippen molar-refractivity contribution in [3.8, 4) is 0 Å². The molecule has 0 aromatic rings. The molecule has 19 heavy (non-hydrogen) atoms. The van der Waals surface area contributed by atoms with E-state index in [9.17, 15) is 14.4 Å². The van der Waals surface area contributed by atoms with Crippen molar-refractivity contribution in [2.45, 2.75) is 6.42 Å². The van der Waals surface area contributed by atoms with Gasteiger partial charge in [-0.15, -0.1) is 0 Å². The lowest BCUT2D eigenvalue weighted by Gasteiger charge is -2.38. The summed E-state index contributed by atoms with van der Waals surface area (Å²) in [6, 6.07) is -0.344. The summed E-state index contributed by atoms with van der Waals surface area (Å²) >= 11 is 0. The molecule has 108 valence electrons. The summed E-state index contributed by atoms with van der Waals surface area (Å²) in [5, 5.41) is 13.6. The van der Waals surface area contributed by atoms with Gasteiger partial charge in [-0.25, -0.2) is 4.79 Å². The molecule has 1 aliphatic rings. The summed E-state index contributed by atoms with van der Waals surface area (Å²) < 4.78 is 4.77. The van der Waals surface area contributed by atoms with Crippen LogP contribution < -0.4 is 10.6 Å². The number of methoxy groups -OCH3 is 1. The second kappa shape index (κ2) is 7.57. The number of nitrogens with one attached hydrogen (secondary N) is 2. The molecule has 1 heterocycles. The SMILES string of the molecule is COCCNC(=O)CNC(=O)N1CC(CC(=O)O)C1. The first-order valence-corrected chi connectivity index (χ1v) is 6.03. The van der Waals surface area contributed by atoms with Gasteiger partial charge < -0.3 is 25.4 Å². The molecule has 1 saturated heterocycles. The third-order valence-electron chi connectivity index (χ3n) is 2.74. The first-order valence-electron chi connectivity index (χ1n) is 6.03. The maximum atomic E-state index is 11.6. The van der Waals surface area contributed by atoms with Crippen LogP contribution in [0.3, 0.4) is 0 Å². The Balaban J connectivity index is 2.09. The number of carboxylic acid groups (broad SMARTS) is 1. The molecule has 3 N–H and O–H groups in total. The van der Waals surface area contributed by atoms with Gasteiger partial charge in [0.15, 0.2) is 0 Å². The number of rotatable bonds is 7. The highest BCUT2D eigenvalue weighted by atomic mass is 16.5. The molecule has 0 aromatic heterocycles. The highest BCUT2D eigenvalue weighted by Gasteiger charge is 2.31. The minimum Gasteiger partial charge on any atom is -0.481 e. The fourth-order valence-electron chi connectivity index (χ4n) is 1.73. The van der Waals surface area contributed by atoms with Crippen LogP contribution in [0.15, 0.2) is 0 Å². The van der Waals surface area contributed by atoms with Gasteiger partial charge in [0, 0.05) is 32.7 Å². The van der Waals surface area contributed by atoms with Crippen LogP contribution in [0.25, 0.3) is 0 Å². The summed E-state index contributed by atoms with van der Waals surface area (Å²) in [4.78, 5) is 34.8. The minimum atomic E-state index is -0.859. The Morgan fingerprint density at radius 2 is 2.00 bits per heavy atom. The van der Waals surface area contributed by atoms with Crippen LogP contribution in [0, 0.1) is 5.92 Å². The molecule has 0 unspecified atom stereocenters. The Hall–Kier alpha value is -1.83. The van der Waals surface area contributed by atoms with Crippen LogP contribution in [0.4, 0.5) is 4.79 Å². The molecular weight excluding hydrogens is 254 g/mol. The summed E-state index contributed by atoms with van der Waals surface area (Å²) in [5.74, 6) is -1.13. The van der Waals surface area contributed by atoms with Gasteiger partial charge in [0.2, 0.25) is 5.91 Å². The highest BCUT2D eigenvalue weighted by molar-refractivity contribution is 5.84. The van der Waals surface area contributed by atoms with Crippen molar-refractivity contribution in [1.29, 1.82) is 0 Å². The Morgan fingerprint density at radius 3 is 2.58 bits per heavy atom. The number of carbonyl (C=O) groups is 3. The lowest BCUT2D eigenvalue weighted by Crippen LogP contribution is -2.55. The van der Waals surface area contributed by atoms with Crippen molar-refractivity contribution in [2.75, 3.05) is 39.9 Å². The van der Waals surface area contributed by atoms with Crippen LogP contribution in [0.1, 0.15) is 6.42 Å². The second-order valence-corrected chi connectivity index (χ2v) is 4.37. The number of hydrogen-bond acceptors (Lipinski definition) is 4. The number of hydrogen-bond donors (Lipinski definition) is 3. The number of amides is 3. The summed E-state index contributed by atoms with van der Waals surface area (Å²) in [5.41, 5.74) is 0. The van der Waals surface area contributed by atoms with Crippen LogP contribution in [0.2, 0.25) is 0 Å². The van der Waals surface area contributed by atoms with E-state index in [0.29, 0.717) is 26.2 Å². The average molecular weight is 273 g/mol. The lowest BCUT2D eigenvalue weighted by molar-refractivity contribution is -0.139. The van der Waals surface area contributed by atoms with Gasteiger partial charge in [0.05, 0.1) is 19.6 Å². The number of carbonyl (C=O) groups excluding carboxylic acids is 2. The van der Waals surface area contributed by atoms with Crippen molar-refractivity contribution in [3.05, 3.63) is 0 Å². The molecule has 0 saturated carbocycles. The Labute approximate surface area is 111 Å². The number of urea groups is 1. The quantitative estimate of drug-likeness (QED) is 0.508. The number of likely N-dealkylation sites (tertiary alicyclic amines) is 1. The van der Waals surface area contributed by atoms with Gasteiger partial charge in [-0.2, -0.15) is 0 Å². The van der Waals surface area contributed by atoms with E-state index >= 15 is 0 Å². The Morgan fingerprint density at radius 1 is 1.32 bits per heavy atom. The number of aliphatic carboxylic acids is 1. The fraction of sp³-hybridized carbons (Fsp3) is 0.727. The van der Waals surface area contributed by atoms with Gasteiger partial charge in [0.1, 0.15) is 0 Å². The standard InChI is InChI=1S/C11H19N3O5/c1-19-3-2-12-9(15)5-13-11(18)14-6-8(7-14)4-10(16)17/h8H,2-7H2,1H3,(H,12,15)(H,13,18)(H,16,17). The normalized spacial score (nSPS) is 14.7. The molecule has 0 aromatic carbocycles. The predicted octanol–water partition coefficient (Wildman–Crippen LogP) is -1.13. The summed E-state index contributed by atoms with van der Waals surface area (Å²) in [7, 11) is 1.53. The number of nitrogens with zero attached hydrogens (tertiary/aromatic N) is 1. The van der Waals surface area contributed by atoms with Gasteiger partial charge in [-0.3, -0.25) is 9.59 Å². The third kappa shape index (κ3) is 5.56. The van der Waals surface area contributed by atoms with E-state index in [1.54, 1.807) is 0 Å². The first-order chi connectivity index (χ1) is 9.02. The second-order valence-electron chi connectivity index (χ2n) is 4.37. The van der Waals surface area contributed by atoms with E-state index in [2.05, 4.69) is 10.6 Å². The zero-order valence-corrected chi connectivity index (χ0v) is 10.8. The van der Waals surface area contributed by atoms with Crippen LogP contribution in [-0.4, -0.2) is 67.8 Å². The molecule has 0 bridgehead atoms. The van der Waals surface area contributed by atoms with Gasteiger partial charge in [-0.1, -0.05) is 0 Å². The van der Waals surface area contributed by atoms with Crippen LogP contribution in [-0.2, 0) is 14.3 Å². The molecule has 1 rings (SSSR count).